The van der Waals surface area contributed by atoms with E-state index in [1.807, 2.05) is 0 Å². The highest BCUT2D eigenvalue weighted by Gasteiger charge is 2.11. The highest BCUT2D eigenvalue weighted by Crippen LogP contribution is 2.29. The maximum Gasteiger partial charge on any atom is 0.324 e. The van der Waals surface area contributed by atoms with Crippen molar-refractivity contribution in [1.29, 1.82) is 0 Å². The lowest BCUT2D eigenvalue weighted by atomic mass is 10.3. The first-order chi connectivity index (χ1) is 13.0. The maximum absolute atomic E-state index is 12.2. The largest absolute Gasteiger partial charge is 0.481 e. The number of carbonyl (C=O) groups excluding carboxylic acids is 1. The lowest BCUT2D eigenvalue weighted by Gasteiger charge is -2.22. The second kappa shape index (κ2) is 8.56. The summed E-state index contributed by atoms with van der Waals surface area (Å²) in [6, 6.07) is 5.96. The molecule has 0 atom stereocenters. The molecule has 0 saturated carbocycles. The number of rotatable bonds is 4. The van der Waals surface area contributed by atoms with Crippen LogP contribution in [0.4, 0.5) is 22.1 Å². The molecule has 0 unspecified atom stereocenters. The van der Waals surface area contributed by atoms with E-state index in [1.165, 1.54) is 6.33 Å². The molecule has 0 aliphatic carbocycles. The zero-order valence-corrected chi connectivity index (χ0v) is 15.6. The normalized spacial score (nSPS) is 13.0. The maximum atomic E-state index is 12.2. The molecule has 1 aromatic heterocycles. The zero-order valence-electron chi connectivity index (χ0n) is 14.1. The van der Waals surface area contributed by atoms with Crippen LogP contribution in [0.2, 0.25) is 10.0 Å². The highest BCUT2D eigenvalue weighted by atomic mass is 35.5. The van der Waals surface area contributed by atoms with Gasteiger partial charge in [-0.25, -0.2) is 19.8 Å². The first kappa shape index (κ1) is 18.7. The Labute approximate surface area is 165 Å². The Kier molecular flexibility index (Phi) is 5.94. The number of nitrogens with one attached hydrogen (secondary N) is 3. The van der Waals surface area contributed by atoms with E-state index in [0.29, 0.717) is 34.1 Å². The number of anilines is 3. The minimum atomic E-state index is -0.540. The van der Waals surface area contributed by atoms with Gasteiger partial charge in [0.15, 0.2) is 0 Å². The number of benzene rings is 1. The molecule has 1 aliphatic heterocycles. The number of hydrogen-bond donors (Lipinski definition) is 3. The van der Waals surface area contributed by atoms with E-state index >= 15 is 0 Å². The van der Waals surface area contributed by atoms with Crippen molar-refractivity contribution in [2.24, 2.45) is 4.99 Å². The summed E-state index contributed by atoms with van der Waals surface area (Å²) in [5, 5.41) is 7.54. The van der Waals surface area contributed by atoms with E-state index in [9.17, 15) is 4.79 Å². The number of urea groups is 1. The average molecular weight is 408 g/mol. The summed E-state index contributed by atoms with van der Waals surface area (Å²) >= 11 is 12.1. The van der Waals surface area contributed by atoms with Gasteiger partial charge in [0.25, 0.3) is 0 Å². The second-order valence-corrected chi connectivity index (χ2v) is 6.02. The van der Waals surface area contributed by atoms with E-state index in [2.05, 4.69) is 31.0 Å². The van der Waals surface area contributed by atoms with Crippen molar-refractivity contribution < 1.29 is 9.53 Å². The fourth-order valence-corrected chi connectivity index (χ4v) is 2.61. The number of aromatic nitrogens is 2. The molecule has 2 amide bonds. The number of amides is 2. The number of para-hydroxylation sites is 1. The van der Waals surface area contributed by atoms with Gasteiger partial charge < -0.3 is 10.1 Å². The predicted octanol–water partition coefficient (Wildman–Crippen LogP) is 3.59. The molecule has 0 bridgehead atoms. The summed E-state index contributed by atoms with van der Waals surface area (Å²) < 4.78 is 5.03. The summed E-state index contributed by atoms with van der Waals surface area (Å²) in [6.07, 6.45) is 4.78. The van der Waals surface area contributed by atoms with Gasteiger partial charge in [0.05, 0.1) is 22.8 Å². The number of methoxy groups -OCH3 is 1. The van der Waals surface area contributed by atoms with Crippen LogP contribution in [0, 0.1) is 0 Å². The molecule has 0 saturated heterocycles. The lowest BCUT2D eigenvalue weighted by Crippen LogP contribution is -2.28. The summed E-state index contributed by atoms with van der Waals surface area (Å²) in [4.78, 5) is 24.5. The highest BCUT2D eigenvalue weighted by molar-refractivity contribution is 6.39. The first-order valence-electron chi connectivity index (χ1n) is 7.69. The van der Waals surface area contributed by atoms with Crippen LogP contribution in [0.15, 0.2) is 47.9 Å². The molecule has 0 fully saturated rings. The van der Waals surface area contributed by atoms with E-state index in [4.69, 9.17) is 27.9 Å². The Morgan fingerprint density at radius 3 is 2.59 bits per heavy atom. The molecule has 27 heavy (non-hydrogen) atoms. The molecule has 0 radical (unpaired) electrons. The molecule has 2 aromatic rings. The molecule has 11 heteroatoms. The molecule has 1 aromatic carbocycles. The Balaban J connectivity index is 1.61. The minimum absolute atomic E-state index is 0.287. The zero-order chi connectivity index (χ0) is 19.2. The first-order valence-corrected chi connectivity index (χ1v) is 8.45. The summed E-state index contributed by atoms with van der Waals surface area (Å²) in [5.41, 5.74) is 3.34. The van der Waals surface area contributed by atoms with Gasteiger partial charge in [-0.05, 0) is 12.1 Å². The van der Waals surface area contributed by atoms with Gasteiger partial charge in [-0.1, -0.05) is 29.3 Å². The quantitative estimate of drug-likeness (QED) is 0.715. The van der Waals surface area contributed by atoms with Gasteiger partial charge in [0.2, 0.25) is 5.90 Å². The van der Waals surface area contributed by atoms with Crippen molar-refractivity contribution >= 4 is 52.5 Å². The van der Waals surface area contributed by atoms with Crippen LogP contribution < -0.4 is 16.1 Å². The number of ether oxygens (including phenoxy) is 1. The topological polar surface area (TPSA) is 104 Å². The Morgan fingerprint density at radius 2 is 1.93 bits per heavy atom. The predicted molar refractivity (Wildman–Crippen MR) is 105 cm³/mol. The third kappa shape index (κ3) is 4.99. The Hall–Kier alpha value is -3.04. The van der Waals surface area contributed by atoms with Crippen molar-refractivity contribution in [3.05, 3.63) is 52.9 Å². The van der Waals surface area contributed by atoms with Crippen LogP contribution in [0.5, 0.6) is 0 Å². The number of hydrazine groups is 1. The van der Waals surface area contributed by atoms with Crippen molar-refractivity contribution in [3.8, 4) is 0 Å². The molecule has 3 rings (SSSR count). The van der Waals surface area contributed by atoms with E-state index in [-0.39, 0.29) is 5.82 Å². The smallest absolute Gasteiger partial charge is 0.324 e. The second-order valence-electron chi connectivity index (χ2n) is 5.20. The number of carbonyl (C=O) groups is 1. The van der Waals surface area contributed by atoms with E-state index in [0.717, 1.165) is 0 Å². The van der Waals surface area contributed by atoms with Crippen molar-refractivity contribution in [1.82, 2.24) is 15.0 Å². The molecule has 140 valence electrons. The number of hydrogen-bond acceptors (Lipinski definition) is 7. The molecule has 2 heterocycles. The standard InChI is InChI=1S/C16H15Cl2N7O2/c1-27-14-5-6-25(9-21-14)24-13-7-12(19-8-20-13)22-16(26)23-15-10(17)3-2-4-11(15)18/h2-8H,9H2,1H3,(H3,19,20,22,23,24,26). The molecular weight excluding hydrogens is 393 g/mol. The Morgan fingerprint density at radius 1 is 1.19 bits per heavy atom. The fourth-order valence-electron chi connectivity index (χ4n) is 2.12. The van der Waals surface area contributed by atoms with Crippen molar-refractivity contribution in [2.45, 2.75) is 0 Å². The molecule has 3 N–H and O–H groups in total. The van der Waals surface area contributed by atoms with Crippen LogP contribution in [-0.4, -0.2) is 40.7 Å². The summed E-state index contributed by atoms with van der Waals surface area (Å²) in [5.74, 6) is 1.29. The van der Waals surface area contributed by atoms with Gasteiger partial charge in [-0.15, -0.1) is 0 Å². The van der Waals surface area contributed by atoms with Crippen LogP contribution >= 0.6 is 23.2 Å². The average Bonchev–Trinajstić information content (AvgIpc) is 2.66. The summed E-state index contributed by atoms with van der Waals surface area (Å²) in [7, 11) is 1.55. The van der Waals surface area contributed by atoms with Gasteiger partial charge in [0.1, 0.15) is 24.6 Å². The van der Waals surface area contributed by atoms with Gasteiger partial charge in [0, 0.05) is 18.3 Å². The molecule has 9 nitrogen and oxygen atoms in total. The van der Waals surface area contributed by atoms with Crippen molar-refractivity contribution in [3.63, 3.8) is 0 Å². The number of aliphatic imine (C=N–C) groups is 1. The Bertz CT molecular complexity index is 884. The van der Waals surface area contributed by atoms with Gasteiger partial charge in [-0.3, -0.25) is 15.8 Å². The van der Waals surface area contributed by atoms with Crippen LogP contribution in [-0.2, 0) is 4.74 Å². The van der Waals surface area contributed by atoms with Gasteiger partial charge >= 0.3 is 6.03 Å². The monoisotopic (exact) mass is 407 g/mol. The minimum Gasteiger partial charge on any atom is -0.481 e. The third-order valence-corrected chi connectivity index (χ3v) is 3.98. The number of halogens is 2. The van der Waals surface area contributed by atoms with E-state index in [1.54, 1.807) is 48.7 Å². The van der Waals surface area contributed by atoms with Crippen LogP contribution in [0.25, 0.3) is 0 Å². The van der Waals surface area contributed by atoms with Crippen molar-refractivity contribution in [2.75, 3.05) is 29.8 Å². The van der Waals surface area contributed by atoms with Crippen LogP contribution in [0.3, 0.4) is 0 Å². The molecular formula is C16H15Cl2N7O2. The lowest BCUT2D eigenvalue weighted by molar-refractivity contribution is 0.262. The summed E-state index contributed by atoms with van der Waals surface area (Å²) in [6.45, 7) is 0.345. The third-order valence-electron chi connectivity index (χ3n) is 3.35. The molecule has 1 aliphatic rings. The van der Waals surface area contributed by atoms with Crippen LogP contribution in [0.1, 0.15) is 0 Å². The van der Waals surface area contributed by atoms with E-state index < -0.39 is 6.03 Å². The fraction of sp³-hybridized carbons (Fsp3) is 0.125. The van der Waals surface area contributed by atoms with Gasteiger partial charge in [-0.2, -0.15) is 0 Å². The SMILES string of the molecule is COC1=NCN(Nc2cc(NC(=O)Nc3c(Cl)cccc3Cl)ncn2)C=C1. The number of nitrogens with zero attached hydrogens (tertiary/aromatic N) is 4. The molecule has 0 spiro atoms.